The lowest BCUT2D eigenvalue weighted by Gasteiger charge is -2.38. The van der Waals surface area contributed by atoms with E-state index in [4.69, 9.17) is 5.73 Å². The molecule has 5 rings (SSSR count). The van der Waals surface area contributed by atoms with Gasteiger partial charge in [-0.15, -0.1) is 0 Å². The van der Waals surface area contributed by atoms with Gasteiger partial charge in [-0.3, -0.25) is 39.2 Å². The molecule has 9 nitrogen and oxygen atoms in total. The number of amides is 4. The maximum atomic E-state index is 13.3. The van der Waals surface area contributed by atoms with Crippen molar-refractivity contribution in [1.29, 1.82) is 0 Å². The number of carbonyl (C=O) groups excluding carboxylic acids is 4. The van der Waals surface area contributed by atoms with Crippen LogP contribution in [0.1, 0.15) is 58.4 Å². The molecule has 1 aliphatic carbocycles. The summed E-state index contributed by atoms with van der Waals surface area (Å²) in [4.78, 5) is 55.9. The number of carbonyl (C=O) groups is 4. The van der Waals surface area contributed by atoms with E-state index in [2.05, 4.69) is 15.1 Å². The van der Waals surface area contributed by atoms with Crippen LogP contribution in [0.4, 0.5) is 0 Å². The van der Waals surface area contributed by atoms with Crippen molar-refractivity contribution in [2.24, 2.45) is 5.73 Å². The lowest BCUT2D eigenvalue weighted by atomic mass is 10.0. The zero-order valence-corrected chi connectivity index (χ0v) is 18.1. The first kappa shape index (κ1) is 21.2. The van der Waals surface area contributed by atoms with Gasteiger partial charge >= 0.3 is 0 Å². The molecule has 2 saturated heterocycles. The summed E-state index contributed by atoms with van der Waals surface area (Å²) < 4.78 is 0. The molecule has 3 atom stereocenters. The molecule has 3 fully saturated rings. The van der Waals surface area contributed by atoms with Crippen LogP contribution in [0.3, 0.4) is 0 Å². The largest absolute Gasteiger partial charge is 0.328 e. The van der Waals surface area contributed by atoms with Gasteiger partial charge in [0.15, 0.2) is 0 Å². The van der Waals surface area contributed by atoms with Gasteiger partial charge in [-0.2, -0.15) is 0 Å². The molecule has 9 heteroatoms. The summed E-state index contributed by atoms with van der Waals surface area (Å²) >= 11 is 0. The second kappa shape index (κ2) is 8.38. The summed E-state index contributed by atoms with van der Waals surface area (Å²) in [6, 6.07) is 5.29. The summed E-state index contributed by atoms with van der Waals surface area (Å²) in [5, 5.41) is 2.24. The molecule has 0 spiro atoms. The van der Waals surface area contributed by atoms with Gasteiger partial charge in [0.25, 0.3) is 11.8 Å². The van der Waals surface area contributed by atoms with Crippen LogP contribution in [0.2, 0.25) is 0 Å². The van der Waals surface area contributed by atoms with Crippen LogP contribution in [-0.4, -0.2) is 82.6 Å². The monoisotopic (exact) mass is 439 g/mol. The number of benzene rings is 1. The highest BCUT2D eigenvalue weighted by Gasteiger charge is 2.45. The van der Waals surface area contributed by atoms with Crippen molar-refractivity contribution in [3.8, 4) is 0 Å². The lowest BCUT2D eigenvalue weighted by molar-refractivity contribution is -0.136. The summed E-state index contributed by atoms with van der Waals surface area (Å²) in [7, 11) is 0. The van der Waals surface area contributed by atoms with Crippen LogP contribution in [-0.2, 0) is 16.1 Å². The number of piperazine rings is 1. The van der Waals surface area contributed by atoms with Crippen molar-refractivity contribution in [2.75, 3.05) is 26.2 Å². The zero-order valence-electron chi connectivity index (χ0n) is 18.1. The molecular weight excluding hydrogens is 410 g/mol. The summed E-state index contributed by atoms with van der Waals surface area (Å²) in [5.74, 6) is -1.85. The van der Waals surface area contributed by atoms with E-state index in [1.165, 1.54) is 6.42 Å². The van der Waals surface area contributed by atoms with E-state index in [0.717, 1.165) is 49.5 Å². The van der Waals surface area contributed by atoms with Crippen molar-refractivity contribution in [1.82, 2.24) is 20.0 Å². The first-order valence-electron chi connectivity index (χ1n) is 11.5. The Morgan fingerprint density at radius 1 is 0.969 bits per heavy atom. The molecule has 3 N–H and O–H groups in total. The Bertz CT molecular complexity index is 971. The van der Waals surface area contributed by atoms with E-state index in [1.807, 2.05) is 6.07 Å². The van der Waals surface area contributed by atoms with Gasteiger partial charge in [0.2, 0.25) is 11.8 Å². The van der Waals surface area contributed by atoms with Crippen molar-refractivity contribution in [3.63, 3.8) is 0 Å². The number of fused-ring (bicyclic) bond motifs is 1. The van der Waals surface area contributed by atoms with Gasteiger partial charge in [-0.25, -0.2) is 0 Å². The molecule has 0 radical (unpaired) electrons. The van der Waals surface area contributed by atoms with Crippen LogP contribution < -0.4 is 11.1 Å². The fourth-order valence-electron chi connectivity index (χ4n) is 5.57. The van der Waals surface area contributed by atoms with Gasteiger partial charge in [0, 0.05) is 51.2 Å². The highest BCUT2D eigenvalue weighted by atomic mass is 16.2. The standard InChI is InChI=1S/C23H29N5O4/c24-15-4-5-16(12-15)27-10-8-26(9-11-27)13-14-2-1-3-17-20(14)23(32)28(22(17)31)18-6-7-19(29)25-21(18)30/h1-3,15-16,18H,4-13,24H2,(H,25,29,30). The fraction of sp³-hybridized carbons (Fsp3) is 0.565. The number of imide groups is 2. The molecule has 3 unspecified atom stereocenters. The Hall–Kier alpha value is -2.62. The predicted molar refractivity (Wildman–Crippen MR) is 116 cm³/mol. The van der Waals surface area contributed by atoms with Crippen LogP contribution in [0.25, 0.3) is 0 Å². The summed E-state index contributed by atoms with van der Waals surface area (Å²) in [6.45, 7) is 4.33. The molecule has 1 saturated carbocycles. The number of rotatable bonds is 4. The summed E-state index contributed by atoms with van der Waals surface area (Å²) in [6.07, 6.45) is 3.62. The second-order valence-corrected chi connectivity index (χ2v) is 9.33. The van der Waals surface area contributed by atoms with E-state index in [0.29, 0.717) is 29.8 Å². The van der Waals surface area contributed by atoms with Gasteiger partial charge < -0.3 is 5.73 Å². The predicted octanol–water partition coefficient (Wildman–Crippen LogP) is 0.0852. The molecule has 3 aliphatic heterocycles. The maximum Gasteiger partial charge on any atom is 0.262 e. The molecule has 4 amide bonds. The van der Waals surface area contributed by atoms with Gasteiger partial charge in [0.1, 0.15) is 6.04 Å². The Morgan fingerprint density at radius 3 is 2.44 bits per heavy atom. The number of nitrogens with zero attached hydrogens (tertiary/aromatic N) is 3. The van der Waals surface area contributed by atoms with Gasteiger partial charge in [-0.1, -0.05) is 12.1 Å². The van der Waals surface area contributed by atoms with Crippen LogP contribution in [0.5, 0.6) is 0 Å². The van der Waals surface area contributed by atoms with E-state index in [1.54, 1.807) is 12.1 Å². The summed E-state index contributed by atoms with van der Waals surface area (Å²) in [5.41, 5.74) is 7.63. The molecule has 4 aliphatic rings. The SMILES string of the molecule is NC1CCC(N2CCN(Cc3cccc4c3C(=O)N(C3CCC(=O)NC3=O)C4=O)CC2)C1. The first-order chi connectivity index (χ1) is 15.4. The normalized spacial score (nSPS) is 29.5. The molecule has 170 valence electrons. The minimum absolute atomic E-state index is 0.118. The van der Waals surface area contributed by atoms with E-state index in [-0.39, 0.29) is 18.7 Å². The Balaban J connectivity index is 1.29. The number of hydrogen-bond donors (Lipinski definition) is 2. The van der Waals surface area contributed by atoms with E-state index in [9.17, 15) is 19.2 Å². The van der Waals surface area contributed by atoms with Crippen LogP contribution in [0.15, 0.2) is 18.2 Å². The minimum Gasteiger partial charge on any atom is -0.328 e. The Kier molecular flexibility index (Phi) is 5.56. The lowest BCUT2D eigenvalue weighted by Crippen LogP contribution is -2.54. The van der Waals surface area contributed by atoms with Crippen molar-refractivity contribution in [3.05, 3.63) is 34.9 Å². The number of nitrogens with one attached hydrogen (secondary N) is 1. The third-order valence-corrected chi connectivity index (χ3v) is 7.32. The molecular formula is C23H29N5O4. The third-order valence-electron chi connectivity index (χ3n) is 7.32. The highest BCUT2D eigenvalue weighted by molar-refractivity contribution is 6.24. The smallest absolute Gasteiger partial charge is 0.262 e. The van der Waals surface area contributed by atoms with Crippen molar-refractivity contribution >= 4 is 23.6 Å². The molecule has 3 heterocycles. The fourth-order valence-corrected chi connectivity index (χ4v) is 5.57. The molecule has 0 aromatic heterocycles. The quantitative estimate of drug-likeness (QED) is 0.639. The average Bonchev–Trinajstić information content (AvgIpc) is 3.31. The van der Waals surface area contributed by atoms with Crippen molar-refractivity contribution < 1.29 is 19.2 Å². The molecule has 32 heavy (non-hydrogen) atoms. The third kappa shape index (κ3) is 3.74. The minimum atomic E-state index is -0.936. The number of piperidine rings is 1. The molecule has 1 aromatic rings. The number of hydrogen-bond acceptors (Lipinski definition) is 7. The van der Waals surface area contributed by atoms with E-state index < -0.39 is 23.8 Å². The Labute approximate surface area is 186 Å². The van der Waals surface area contributed by atoms with Gasteiger partial charge in [-0.05, 0) is 37.3 Å². The highest BCUT2D eigenvalue weighted by Crippen LogP contribution is 2.31. The second-order valence-electron chi connectivity index (χ2n) is 9.33. The average molecular weight is 440 g/mol. The van der Waals surface area contributed by atoms with E-state index >= 15 is 0 Å². The van der Waals surface area contributed by atoms with Gasteiger partial charge in [0.05, 0.1) is 11.1 Å². The van der Waals surface area contributed by atoms with Crippen LogP contribution >= 0.6 is 0 Å². The maximum absolute atomic E-state index is 13.3. The number of nitrogens with two attached hydrogens (primary N) is 1. The zero-order chi connectivity index (χ0) is 22.4. The first-order valence-corrected chi connectivity index (χ1v) is 11.5. The van der Waals surface area contributed by atoms with Crippen molar-refractivity contribution in [2.45, 2.75) is 56.8 Å². The van der Waals surface area contributed by atoms with Crippen LogP contribution in [0, 0.1) is 0 Å². The molecule has 0 bridgehead atoms. The topological polar surface area (TPSA) is 116 Å². The molecule has 1 aromatic carbocycles. The Morgan fingerprint density at radius 2 is 1.75 bits per heavy atom.